The van der Waals surface area contributed by atoms with Crippen LogP contribution in [0.5, 0.6) is 0 Å². The lowest BCUT2D eigenvalue weighted by molar-refractivity contribution is -0.309. The van der Waals surface area contributed by atoms with Crippen LogP contribution in [0.25, 0.3) is 0 Å². The van der Waals surface area contributed by atoms with Crippen LogP contribution in [0.4, 0.5) is 0 Å². The summed E-state index contributed by atoms with van der Waals surface area (Å²) in [4.78, 5) is 22.9. The molecule has 3 atom stereocenters. The van der Waals surface area contributed by atoms with E-state index in [0.717, 1.165) is 18.4 Å². The fourth-order valence-electron chi connectivity index (χ4n) is 3.34. The maximum atomic E-state index is 12.7. The highest BCUT2D eigenvalue weighted by molar-refractivity contribution is 5.79. The smallest absolute Gasteiger partial charge is 0.317 e. The third-order valence-corrected chi connectivity index (χ3v) is 4.57. The monoisotopic (exact) mass is 334 g/mol. The van der Waals surface area contributed by atoms with Crippen molar-refractivity contribution < 1.29 is 24.0 Å². The number of carbonyl (C=O) groups excluding carboxylic acids is 1. The Morgan fingerprint density at radius 3 is 2.83 bits per heavy atom. The third kappa shape index (κ3) is 3.97. The minimum Gasteiger partial charge on any atom is -0.465 e. The SMILES string of the molecule is C=COOC(C)C1(C(=O)OCC)CCCC1OCc1ccccc1. The van der Waals surface area contributed by atoms with Crippen molar-refractivity contribution in [1.29, 1.82) is 0 Å². The molecule has 0 bridgehead atoms. The summed E-state index contributed by atoms with van der Waals surface area (Å²) >= 11 is 0. The zero-order chi connectivity index (χ0) is 17.4. The highest BCUT2D eigenvalue weighted by atomic mass is 17.2. The highest BCUT2D eigenvalue weighted by Crippen LogP contribution is 2.46. The number of hydrogen-bond donors (Lipinski definition) is 0. The van der Waals surface area contributed by atoms with Crippen molar-refractivity contribution in [2.24, 2.45) is 5.41 Å². The molecule has 0 radical (unpaired) electrons. The molecule has 3 unspecified atom stereocenters. The molecule has 5 heteroatoms. The van der Waals surface area contributed by atoms with E-state index in [1.807, 2.05) is 37.3 Å². The largest absolute Gasteiger partial charge is 0.465 e. The van der Waals surface area contributed by atoms with E-state index in [4.69, 9.17) is 19.2 Å². The molecule has 0 aromatic heterocycles. The van der Waals surface area contributed by atoms with Gasteiger partial charge in [0.15, 0.2) is 0 Å². The molecule has 2 rings (SSSR count). The van der Waals surface area contributed by atoms with Gasteiger partial charge in [-0.3, -0.25) is 4.79 Å². The lowest BCUT2D eigenvalue weighted by atomic mass is 9.79. The van der Waals surface area contributed by atoms with E-state index in [1.54, 1.807) is 6.92 Å². The normalized spacial score (nSPS) is 24.3. The van der Waals surface area contributed by atoms with Gasteiger partial charge in [-0.25, -0.2) is 0 Å². The van der Waals surface area contributed by atoms with Gasteiger partial charge in [0, 0.05) is 0 Å². The summed E-state index contributed by atoms with van der Waals surface area (Å²) in [5.74, 6) is -0.291. The average Bonchev–Trinajstić information content (AvgIpc) is 3.04. The average molecular weight is 334 g/mol. The van der Waals surface area contributed by atoms with Crippen LogP contribution in [-0.4, -0.2) is 24.8 Å². The van der Waals surface area contributed by atoms with Crippen LogP contribution in [0.3, 0.4) is 0 Å². The Kier molecular flexibility index (Phi) is 6.82. The van der Waals surface area contributed by atoms with Crippen LogP contribution in [0.2, 0.25) is 0 Å². The third-order valence-electron chi connectivity index (χ3n) is 4.57. The van der Waals surface area contributed by atoms with E-state index in [1.165, 1.54) is 6.26 Å². The molecule has 132 valence electrons. The summed E-state index contributed by atoms with van der Waals surface area (Å²) in [5, 5.41) is 0. The van der Waals surface area contributed by atoms with Crippen LogP contribution in [-0.2, 0) is 30.7 Å². The van der Waals surface area contributed by atoms with Crippen molar-refractivity contribution >= 4 is 5.97 Å². The van der Waals surface area contributed by atoms with E-state index in [-0.39, 0.29) is 12.1 Å². The van der Waals surface area contributed by atoms with Gasteiger partial charge in [-0.15, -0.1) is 0 Å². The molecule has 0 amide bonds. The minimum absolute atomic E-state index is 0.278. The molecule has 0 N–H and O–H groups in total. The maximum absolute atomic E-state index is 12.7. The molecule has 1 aromatic carbocycles. The first kappa shape index (κ1) is 18.5. The van der Waals surface area contributed by atoms with Crippen molar-refractivity contribution in [2.75, 3.05) is 6.61 Å². The summed E-state index contributed by atoms with van der Waals surface area (Å²) in [5.41, 5.74) is 0.200. The Morgan fingerprint density at radius 2 is 2.17 bits per heavy atom. The number of esters is 1. The molecule has 0 heterocycles. The van der Waals surface area contributed by atoms with Gasteiger partial charge in [-0.2, -0.15) is 4.89 Å². The van der Waals surface area contributed by atoms with Crippen molar-refractivity contribution in [2.45, 2.75) is 51.9 Å². The van der Waals surface area contributed by atoms with Gasteiger partial charge in [-0.05, 0) is 38.7 Å². The Morgan fingerprint density at radius 1 is 1.42 bits per heavy atom. The number of hydrogen-bond acceptors (Lipinski definition) is 5. The van der Waals surface area contributed by atoms with Crippen molar-refractivity contribution in [1.82, 2.24) is 0 Å². The topological polar surface area (TPSA) is 54.0 Å². The quantitative estimate of drug-likeness (QED) is 0.298. The zero-order valence-electron chi connectivity index (χ0n) is 14.4. The number of rotatable bonds is 9. The molecule has 24 heavy (non-hydrogen) atoms. The molecule has 1 saturated carbocycles. The van der Waals surface area contributed by atoms with Gasteiger partial charge in [0.2, 0.25) is 0 Å². The van der Waals surface area contributed by atoms with Gasteiger partial charge in [0.25, 0.3) is 0 Å². The molecule has 1 fully saturated rings. The molecule has 0 spiro atoms. The summed E-state index contributed by atoms with van der Waals surface area (Å²) in [7, 11) is 0. The fraction of sp³-hybridized carbons (Fsp3) is 0.526. The van der Waals surface area contributed by atoms with Crippen LogP contribution < -0.4 is 0 Å². The van der Waals surface area contributed by atoms with Crippen molar-refractivity contribution in [3.8, 4) is 0 Å². The Hall–Kier alpha value is -1.85. The number of benzene rings is 1. The number of ether oxygens (including phenoxy) is 2. The van der Waals surface area contributed by atoms with E-state index in [0.29, 0.717) is 19.6 Å². The standard InChI is InChI=1S/C19H26O5/c1-4-21-18(20)19(15(3)24-23-5-2)13-9-12-17(19)22-14-16-10-7-6-8-11-16/h5-8,10-11,15,17H,2,4,9,12-14H2,1,3H3. The second kappa shape index (κ2) is 8.85. The molecular weight excluding hydrogens is 308 g/mol. The van der Waals surface area contributed by atoms with E-state index in [9.17, 15) is 4.79 Å². The minimum atomic E-state index is -0.867. The first-order valence-corrected chi connectivity index (χ1v) is 8.41. The molecule has 1 aliphatic rings. The summed E-state index contributed by atoms with van der Waals surface area (Å²) in [6, 6.07) is 9.90. The molecule has 0 saturated heterocycles. The van der Waals surface area contributed by atoms with Crippen LogP contribution >= 0.6 is 0 Å². The van der Waals surface area contributed by atoms with Crippen molar-refractivity contribution in [3.05, 3.63) is 48.7 Å². The lowest BCUT2D eigenvalue weighted by Gasteiger charge is -2.36. The Bertz CT molecular complexity index is 530. The molecular formula is C19H26O5. The van der Waals surface area contributed by atoms with Gasteiger partial charge in [0.05, 0.1) is 19.3 Å². The van der Waals surface area contributed by atoms with E-state index >= 15 is 0 Å². The molecule has 1 aromatic rings. The lowest BCUT2D eigenvalue weighted by Crippen LogP contribution is -2.49. The predicted molar refractivity (Wildman–Crippen MR) is 89.8 cm³/mol. The molecule has 0 aliphatic heterocycles. The summed E-state index contributed by atoms with van der Waals surface area (Å²) < 4.78 is 11.4. The first-order chi connectivity index (χ1) is 11.6. The van der Waals surface area contributed by atoms with E-state index in [2.05, 4.69) is 6.58 Å². The molecule has 5 nitrogen and oxygen atoms in total. The van der Waals surface area contributed by atoms with Crippen LogP contribution in [0, 0.1) is 5.41 Å². The maximum Gasteiger partial charge on any atom is 0.317 e. The summed E-state index contributed by atoms with van der Waals surface area (Å²) in [6.07, 6.45) is 2.72. The number of carbonyl (C=O) groups is 1. The van der Waals surface area contributed by atoms with Crippen molar-refractivity contribution in [3.63, 3.8) is 0 Å². The Balaban J connectivity index is 2.16. The summed E-state index contributed by atoms with van der Waals surface area (Å²) in [6.45, 7) is 7.84. The Labute approximate surface area is 143 Å². The first-order valence-electron chi connectivity index (χ1n) is 8.41. The highest BCUT2D eigenvalue weighted by Gasteiger charge is 2.56. The van der Waals surface area contributed by atoms with Gasteiger partial charge >= 0.3 is 5.97 Å². The van der Waals surface area contributed by atoms with Crippen LogP contribution in [0.15, 0.2) is 43.2 Å². The van der Waals surface area contributed by atoms with Gasteiger partial charge < -0.3 is 14.4 Å². The second-order valence-corrected chi connectivity index (χ2v) is 5.94. The zero-order valence-corrected chi connectivity index (χ0v) is 14.4. The van der Waals surface area contributed by atoms with Crippen LogP contribution in [0.1, 0.15) is 38.7 Å². The van der Waals surface area contributed by atoms with E-state index < -0.39 is 11.5 Å². The second-order valence-electron chi connectivity index (χ2n) is 5.94. The predicted octanol–water partition coefficient (Wildman–Crippen LogP) is 3.79. The van der Waals surface area contributed by atoms with Gasteiger partial charge in [-0.1, -0.05) is 36.9 Å². The van der Waals surface area contributed by atoms with Gasteiger partial charge in [0.1, 0.15) is 17.8 Å². The fourth-order valence-corrected chi connectivity index (χ4v) is 3.34. The molecule has 1 aliphatic carbocycles.